The minimum absolute atomic E-state index is 0.0290. The minimum atomic E-state index is -0.213. The van der Waals surface area contributed by atoms with E-state index in [9.17, 15) is 9.59 Å². The number of hydrogen-bond donors (Lipinski definition) is 1. The molecule has 4 rings (SSSR count). The Hall–Kier alpha value is -2.18. The minimum Gasteiger partial charge on any atom is -0.341 e. The molecule has 6 heteroatoms. The Balaban J connectivity index is 1.45. The van der Waals surface area contributed by atoms with Crippen LogP contribution in [0.3, 0.4) is 0 Å². The fraction of sp³-hybridized carbons (Fsp3) is 0.524. The lowest BCUT2D eigenvalue weighted by atomic mass is 9.93. The number of amides is 2. The Labute approximate surface area is 160 Å². The van der Waals surface area contributed by atoms with E-state index < -0.39 is 0 Å². The molecule has 0 aromatic heterocycles. The van der Waals surface area contributed by atoms with Gasteiger partial charge in [0.15, 0.2) is 0 Å². The number of hydrogen-bond acceptors (Lipinski definition) is 4. The third-order valence-electron chi connectivity index (χ3n) is 6.02. The number of fused-ring (bicyclic) bond motifs is 1. The predicted octanol–water partition coefficient (Wildman–Crippen LogP) is 1.46. The Bertz CT molecular complexity index is 741. The third kappa shape index (κ3) is 3.77. The summed E-state index contributed by atoms with van der Waals surface area (Å²) in [7, 11) is 0. The molecule has 27 heavy (non-hydrogen) atoms. The van der Waals surface area contributed by atoms with Crippen LogP contribution >= 0.6 is 0 Å². The van der Waals surface area contributed by atoms with Gasteiger partial charge in [-0.15, -0.1) is 0 Å². The van der Waals surface area contributed by atoms with Crippen LogP contribution < -0.4 is 5.32 Å². The van der Waals surface area contributed by atoms with Crippen molar-refractivity contribution in [3.8, 4) is 0 Å². The van der Waals surface area contributed by atoms with E-state index in [1.807, 2.05) is 41.4 Å². The van der Waals surface area contributed by atoms with E-state index in [4.69, 9.17) is 0 Å². The van der Waals surface area contributed by atoms with Gasteiger partial charge in [0, 0.05) is 58.4 Å². The molecule has 0 bridgehead atoms. The molecule has 2 unspecified atom stereocenters. The van der Waals surface area contributed by atoms with E-state index >= 15 is 0 Å². The van der Waals surface area contributed by atoms with Crippen molar-refractivity contribution < 1.29 is 9.59 Å². The second kappa shape index (κ2) is 7.82. The largest absolute Gasteiger partial charge is 0.341 e. The molecule has 6 nitrogen and oxygen atoms in total. The third-order valence-corrected chi connectivity index (χ3v) is 6.02. The summed E-state index contributed by atoms with van der Waals surface area (Å²) in [5, 5.41) is 3.39. The summed E-state index contributed by atoms with van der Waals surface area (Å²) >= 11 is 0. The van der Waals surface area contributed by atoms with Gasteiger partial charge in [0.25, 0.3) is 0 Å². The average molecular weight is 368 g/mol. The monoisotopic (exact) mass is 368 g/mol. The van der Waals surface area contributed by atoms with Gasteiger partial charge >= 0.3 is 0 Å². The number of nitrogens with zero attached hydrogens (tertiary/aromatic N) is 3. The number of carbonyl (C=O) groups excluding carboxylic acids is 2. The molecule has 144 valence electrons. The van der Waals surface area contributed by atoms with Crippen molar-refractivity contribution in [2.24, 2.45) is 0 Å². The average Bonchev–Trinajstić information content (AvgIpc) is 3.19. The highest BCUT2D eigenvalue weighted by Gasteiger charge is 2.34. The summed E-state index contributed by atoms with van der Waals surface area (Å²) in [6.45, 7) is 7.37. The van der Waals surface area contributed by atoms with Crippen LogP contribution in [0, 0.1) is 0 Å². The molecule has 3 heterocycles. The number of carbonyl (C=O) groups is 2. The zero-order chi connectivity index (χ0) is 18.8. The molecule has 3 aliphatic heterocycles. The first kappa shape index (κ1) is 18.2. The molecule has 0 spiro atoms. The molecule has 2 fully saturated rings. The first-order chi connectivity index (χ1) is 13.1. The molecule has 2 saturated heterocycles. The van der Waals surface area contributed by atoms with Crippen molar-refractivity contribution >= 4 is 17.9 Å². The maximum atomic E-state index is 13.1. The normalized spacial score (nSPS) is 25.5. The molecule has 2 amide bonds. The maximum absolute atomic E-state index is 13.1. The topological polar surface area (TPSA) is 55.9 Å². The molecule has 0 saturated carbocycles. The fourth-order valence-corrected chi connectivity index (χ4v) is 4.52. The first-order valence-corrected chi connectivity index (χ1v) is 9.92. The molecule has 1 N–H and O–H groups in total. The van der Waals surface area contributed by atoms with Crippen LogP contribution in [0.5, 0.6) is 0 Å². The molecule has 3 aliphatic rings. The number of nitrogens with one attached hydrogen (secondary N) is 1. The SMILES string of the molecule is CC(=O)N1C=Cc2ccccc2C1CC(=O)N1CCC(N2CCNCC2)C1. The Kier molecular flexibility index (Phi) is 5.27. The van der Waals surface area contributed by atoms with Gasteiger partial charge in [0.1, 0.15) is 0 Å². The smallest absolute Gasteiger partial charge is 0.225 e. The van der Waals surface area contributed by atoms with Gasteiger partial charge in [-0.05, 0) is 23.6 Å². The number of likely N-dealkylation sites (tertiary alicyclic amines) is 1. The van der Waals surface area contributed by atoms with E-state index in [0.717, 1.165) is 56.8 Å². The molecule has 0 aliphatic carbocycles. The number of rotatable bonds is 3. The van der Waals surface area contributed by atoms with Crippen LogP contribution in [-0.2, 0) is 9.59 Å². The van der Waals surface area contributed by atoms with Gasteiger partial charge in [-0.2, -0.15) is 0 Å². The van der Waals surface area contributed by atoms with E-state index in [2.05, 4.69) is 10.2 Å². The zero-order valence-corrected chi connectivity index (χ0v) is 15.9. The maximum Gasteiger partial charge on any atom is 0.225 e. The molecule has 1 aromatic rings. The highest BCUT2D eigenvalue weighted by atomic mass is 16.2. The molecule has 0 radical (unpaired) electrons. The van der Waals surface area contributed by atoms with Crippen LogP contribution in [0.25, 0.3) is 6.08 Å². The van der Waals surface area contributed by atoms with Crippen molar-refractivity contribution in [3.63, 3.8) is 0 Å². The van der Waals surface area contributed by atoms with E-state index in [1.165, 1.54) is 0 Å². The van der Waals surface area contributed by atoms with E-state index in [1.54, 1.807) is 11.8 Å². The number of benzene rings is 1. The van der Waals surface area contributed by atoms with Crippen LogP contribution in [0.15, 0.2) is 30.5 Å². The zero-order valence-electron chi connectivity index (χ0n) is 15.9. The first-order valence-electron chi connectivity index (χ1n) is 9.92. The molecular formula is C21H28N4O2. The summed E-state index contributed by atoms with van der Waals surface area (Å²) in [6.07, 6.45) is 5.16. The van der Waals surface area contributed by atoms with Crippen LogP contribution in [0.1, 0.15) is 36.9 Å². The quantitative estimate of drug-likeness (QED) is 0.878. The molecule has 1 aromatic carbocycles. The van der Waals surface area contributed by atoms with E-state index in [0.29, 0.717) is 12.5 Å². The van der Waals surface area contributed by atoms with Gasteiger partial charge in [0.05, 0.1) is 12.5 Å². The lowest BCUT2D eigenvalue weighted by molar-refractivity contribution is -0.134. The molecule has 2 atom stereocenters. The fourth-order valence-electron chi connectivity index (χ4n) is 4.52. The van der Waals surface area contributed by atoms with Gasteiger partial charge in [-0.1, -0.05) is 24.3 Å². The summed E-state index contributed by atoms with van der Waals surface area (Å²) < 4.78 is 0. The van der Waals surface area contributed by atoms with Crippen LogP contribution in [-0.4, -0.2) is 71.8 Å². The predicted molar refractivity (Wildman–Crippen MR) is 105 cm³/mol. The van der Waals surface area contributed by atoms with E-state index in [-0.39, 0.29) is 17.9 Å². The Morgan fingerprint density at radius 2 is 1.93 bits per heavy atom. The van der Waals surface area contributed by atoms with Crippen molar-refractivity contribution in [1.82, 2.24) is 20.0 Å². The van der Waals surface area contributed by atoms with Gasteiger partial charge in [0.2, 0.25) is 11.8 Å². The van der Waals surface area contributed by atoms with Crippen LogP contribution in [0.2, 0.25) is 0 Å². The van der Waals surface area contributed by atoms with Crippen molar-refractivity contribution in [3.05, 3.63) is 41.6 Å². The summed E-state index contributed by atoms with van der Waals surface area (Å²) in [5.41, 5.74) is 2.15. The highest BCUT2D eigenvalue weighted by Crippen LogP contribution is 2.33. The van der Waals surface area contributed by atoms with Gasteiger partial charge in [-0.25, -0.2) is 0 Å². The van der Waals surface area contributed by atoms with Crippen LogP contribution in [0.4, 0.5) is 0 Å². The molecular weight excluding hydrogens is 340 g/mol. The second-order valence-electron chi connectivity index (χ2n) is 7.66. The van der Waals surface area contributed by atoms with Gasteiger partial charge < -0.3 is 15.1 Å². The summed E-state index contributed by atoms with van der Waals surface area (Å²) in [5.74, 6) is 0.118. The number of piperazine rings is 1. The standard InChI is InChI=1S/C21H28N4O2/c1-16(26)25-11-6-17-4-2-3-5-19(17)20(25)14-21(27)24-10-7-18(15-24)23-12-8-22-9-13-23/h2-6,11,18,20,22H,7-10,12-15H2,1H3. The van der Waals surface area contributed by atoms with Crippen molar-refractivity contribution in [2.45, 2.75) is 31.8 Å². The van der Waals surface area contributed by atoms with Crippen molar-refractivity contribution in [2.75, 3.05) is 39.3 Å². The summed E-state index contributed by atoms with van der Waals surface area (Å²) in [6, 6.07) is 8.29. The lowest BCUT2D eigenvalue weighted by Gasteiger charge is -2.34. The lowest BCUT2D eigenvalue weighted by Crippen LogP contribution is -2.49. The summed E-state index contributed by atoms with van der Waals surface area (Å²) in [4.78, 5) is 31.4. The Morgan fingerprint density at radius 3 is 2.70 bits per heavy atom. The highest BCUT2D eigenvalue weighted by molar-refractivity contribution is 5.82. The Morgan fingerprint density at radius 1 is 1.15 bits per heavy atom. The van der Waals surface area contributed by atoms with Crippen molar-refractivity contribution in [1.29, 1.82) is 0 Å². The second-order valence-corrected chi connectivity index (χ2v) is 7.66. The van der Waals surface area contributed by atoms with Gasteiger partial charge in [-0.3, -0.25) is 14.5 Å².